The predicted molar refractivity (Wildman–Crippen MR) is 76.7 cm³/mol. The summed E-state index contributed by atoms with van der Waals surface area (Å²) in [5, 5.41) is 15.0. The molecule has 1 N–H and O–H groups in total. The van der Waals surface area contributed by atoms with E-state index in [9.17, 15) is 10.1 Å². The lowest BCUT2D eigenvalue weighted by Crippen LogP contribution is -2.03. The van der Waals surface area contributed by atoms with Crippen molar-refractivity contribution < 1.29 is 4.92 Å². The van der Waals surface area contributed by atoms with E-state index in [4.69, 9.17) is 0 Å². The molecule has 0 unspecified atom stereocenters. The molecule has 1 aromatic carbocycles. The number of benzene rings is 1. The summed E-state index contributed by atoms with van der Waals surface area (Å²) in [5.41, 5.74) is 2.90. The molecule has 0 atom stereocenters. The van der Waals surface area contributed by atoms with E-state index in [-0.39, 0.29) is 10.6 Å². The number of nitro benzene ring substituents is 1. The van der Waals surface area contributed by atoms with Gasteiger partial charge in [0.05, 0.1) is 22.2 Å². The first-order chi connectivity index (χ1) is 8.97. The number of hydrogen-bond donors (Lipinski definition) is 1. The smallest absolute Gasteiger partial charge is 0.269 e. The number of nitro groups is 1. The third-order valence-electron chi connectivity index (χ3n) is 2.87. The average Bonchev–Trinajstić information content (AvgIpc) is 2.66. The number of aromatic nitrogens is 1. The molecule has 2 rings (SSSR count). The lowest BCUT2D eigenvalue weighted by atomic mass is 10.2. The second-order valence-electron chi connectivity index (χ2n) is 4.35. The van der Waals surface area contributed by atoms with Crippen LogP contribution in [0.2, 0.25) is 0 Å². The Bertz CT molecular complexity index is 622. The van der Waals surface area contributed by atoms with Crippen molar-refractivity contribution in [1.82, 2.24) is 4.98 Å². The first-order valence-corrected chi connectivity index (χ1v) is 6.71. The molecule has 100 valence electrons. The van der Waals surface area contributed by atoms with Crippen LogP contribution in [-0.2, 0) is 6.54 Å². The van der Waals surface area contributed by atoms with Gasteiger partial charge in [-0.2, -0.15) is 0 Å². The van der Waals surface area contributed by atoms with Crippen molar-refractivity contribution in [2.24, 2.45) is 0 Å². The van der Waals surface area contributed by atoms with Gasteiger partial charge in [-0.05, 0) is 32.4 Å². The Morgan fingerprint density at radius 2 is 2.11 bits per heavy atom. The molecule has 1 heterocycles. The van der Waals surface area contributed by atoms with Crippen molar-refractivity contribution in [2.75, 3.05) is 5.32 Å². The van der Waals surface area contributed by atoms with Gasteiger partial charge in [-0.3, -0.25) is 10.1 Å². The largest absolute Gasteiger partial charge is 0.379 e. The number of nitrogens with one attached hydrogen (secondary N) is 1. The van der Waals surface area contributed by atoms with Crippen LogP contribution in [0.25, 0.3) is 0 Å². The minimum absolute atomic E-state index is 0.115. The SMILES string of the molecule is Cc1nc(CNc2ccc([N+](=O)[O-])cc2C)c(C)s1. The fourth-order valence-electron chi connectivity index (χ4n) is 1.87. The fraction of sp³-hybridized carbons (Fsp3) is 0.308. The van der Waals surface area contributed by atoms with E-state index < -0.39 is 0 Å². The van der Waals surface area contributed by atoms with Crippen LogP contribution in [0.4, 0.5) is 11.4 Å². The maximum absolute atomic E-state index is 10.7. The van der Waals surface area contributed by atoms with Crippen LogP contribution in [0.5, 0.6) is 0 Å². The van der Waals surface area contributed by atoms with Gasteiger partial charge < -0.3 is 5.32 Å². The molecule has 6 heteroatoms. The Kier molecular flexibility index (Phi) is 3.80. The van der Waals surface area contributed by atoms with Gasteiger partial charge in [-0.1, -0.05) is 0 Å². The zero-order chi connectivity index (χ0) is 14.0. The molecule has 19 heavy (non-hydrogen) atoms. The molecule has 1 aromatic heterocycles. The molecule has 0 aliphatic heterocycles. The van der Waals surface area contributed by atoms with E-state index >= 15 is 0 Å². The fourth-order valence-corrected chi connectivity index (χ4v) is 2.71. The summed E-state index contributed by atoms with van der Waals surface area (Å²) >= 11 is 1.67. The molecule has 0 bridgehead atoms. The topological polar surface area (TPSA) is 68.1 Å². The second kappa shape index (κ2) is 5.36. The van der Waals surface area contributed by atoms with Crippen LogP contribution in [-0.4, -0.2) is 9.91 Å². The van der Waals surface area contributed by atoms with Gasteiger partial charge in [0.1, 0.15) is 0 Å². The monoisotopic (exact) mass is 277 g/mol. The number of rotatable bonds is 4. The van der Waals surface area contributed by atoms with Crippen molar-refractivity contribution in [3.8, 4) is 0 Å². The van der Waals surface area contributed by atoms with Crippen LogP contribution < -0.4 is 5.32 Å². The molecular formula is C13H15N3O2S. The number of aryl methyl sites for hydroxylation is 3. The Morgan fingerprint density at radius 3 is 2.63 bits per heavy atom. The molecule has 0 saturated heterocycles. The van der Waals surface area contributed by atoms with Gasteiger partial charge in [0.25, 0.3) is 5.69 Å². The Hall–Kier alpha value is -1.95. The molecule has 0 aliphatic carbocycles. The number of hydrogen-bond acceptors (Lipinski definition) is 5. The first kappa shape index (κ1) is 13.5. The molecule has 0 radical (unpaired) electrons. The summed E-state index contributed by atoms with van der Waals surface area (Å²) < 4.78 is 0. The van der Waals surface area contributed by atoms with Crippen LogP contribution in [0.3, 0.4) is 0 Å². The van der Waals surface area contributed by atoms with Crippen LogP contribution in [0.15, 0.2) is 18.2 Å². The molecule has 5 nitrogen and oxygen atoms in total. The highest BCUT2D eigenvalue weighted by atomic mass is 32.1. The maximum atomic E-state index is 10.7. The summed E-state index contributed by atoms with van der Waals surface area (Å²) in [6.45, 7) is 6.52. The Morgan fingerprint density at radius 1 is 1.37 bits per heavy atom. The Labute approximate surface area is 115 Å². The number of non-ortho nitro benzene ring substituents is 1. The standard InChI is InChI=1S/C13H15N3O2S/c1-8-6-11(16(17)18)4-5-12(8)14-7-13-9(2)19-10(3)15-13/h4-6,14H,7H2,1-3H3. The highest BCUT2D eigenvalue weighted by Gasteiger charge is 2.09. The summed E-state index contributed by atoms with van der Waals surface area (Å²) in [5.74, 6) is 0. The highest BCUT2D eigenvalue weighted by Crippen LogP contribution is 2.23. The normalized spacial score (nSPS) is 10.5. The molecule has 0 saturated carbocycles. The lowest BCUT2D eigenvalue weighted by molar-refractivity contribution is -0.384. The second-order valence-corrected chi connectivity index (χ2v) is 5.75. The summed E-state index contributed by atoms with van der Waals surface area (Å²) in [6, 6.07) is 4.82. The van der Waals surface area contributed by atoms with Crippen LogP contribution in [0, 0.1) is 30.9 Å². The van der Waals surface area contributed by atoms with Gasteiger partial charge in [0.15, 0.2) is 0 Å². The molecule has 2 aromatic rings. The minimum Gasteiger partial charge on any atom is -0.379 e. The third kappa shape index (κ3) is 3.08. The Balaban J connectivity index is 2.12. The van der Waals surface area contributed by atoms with Crippen molar-refractivity contribution >= 4 is 22.7 Å². The maximum Gasteiger partial charge on any atom is 0.269 e. The molecule has 0 amide bonds. The predicted octanol–water partition coefficient (Wildman–Crippen LogP) is 3.59. The van der Waals surface area contributed by atoms with Gasteiger partial charge in [0, 0.05) is 22.7 Å². The molecule has 0 spiro atoms. The first-order valence-electron chi connectivity index (χ1n) is 5.89. The zero-order valence-electron chi connectivity index (χ0n) is 11.1. The molecular weight excluding hydrogens is 262 g/mol. The number of anilines is 1. The van der Waals surface area contributed by atoms with Crippen molar-refractivity contribution in [2.45, 2.75) is 27.3 Å². The quantitative estimate of drug-likeness (QED) is 0.685. The van der Waals surface area contributed by atoms with Gasteiger partial charge >= 0.3 is 0 Å². The minimum atomic E-state index is -0.384. The van der Waals surface area contributed by atoms with Crippen molar-refractivity contribution in [3.63, 3.8) is 0 Å². The lowest BCUT2D eigenvalue weighted by Gasteiger charge is -2.08. The van der Waals surface area contributed by atoms with E-state index in [0.29, 0.717) is 6.54 Å². The van der Waals surface area contributed by atoms with E-state index in [2.05, 4.69) is 10.3 Å². The van der Waals surface area contributed by atoms with E-state index in [1.165, 1.54) is 10.9 Å². The number of thiazole rings is 1. The van der Waals surface area contributed by atoms with Crippen molar-refractivity contribution in [1.29, 1.82) is 0 Å². The zero-order valence-corrected chi connectivity index (χ0v) is 11.9. The third-order valence-corrected chi connectivity index (χ3v) is 3.80. The van der Waals surface area contributed by atoms with Crippen LogP contribution in [0.1, 0.15) is 21.1 Å². The summed E-state index contributed by atoms with van der Waals surface area (Å²) in [4.78, 5) is 15.9. The van der Waals surface area contributed by atoms with Gasteiger partial charge in [0.2, 0.25) is 0 Å². The molecule has 0 fully saturated rings. The average molecular weight is 277 g/mol. The van der Waals surface area contributed by atoms with Crippen molar-refractivity contribution in [3.05, 3.63) is 49.5 Å². The van der Waals surface area contributed by atoms with E-state index in [0.717, 1.165) is 22.0 Å². The summed E-state index contributed by atoms with van der Waals surface area (Å²) in [6.07, 6.45) is 0. The van der Waals surface area contributed by atoms with Gasteiger partial charge in [-0.15, -0.1) is 11.3 Å². The molecule has 0 aliphatic rings. The number of nitrogens with zero attached hydrogens (tertiary/aromatic N) is 2. The van der Waals surface area contributed by atoms with Gasteiger partial charge in [-0.25, -0.2) is 4.98 Å². The van der Waals surface area contributed by atoms with Crippen LogP contribution >= 0.6 is 11.3 Å². The highest BCUT2D eigenvalue weighted by molar-refractivity contribution is 7.11. The summed E-state index contributed by atoms with van der Waals surface area (Å²) in [7, 11) is 0. The van der Waals surface area contributed by atoms with E-state index in [1.54, 1.807) is 23.5 Å². The van der Waals surface area contributed by atoms with E-state index in [1.807, 2.05) is 20.8 Å².